The lowest BCUT2D eigenvalue weighted by molar-refractivity contribution is -0.138. The quantitative estimate of drug-likeness (QED) is 0.464. The van der Waals surface area contributed by atoms with Crippen molar-refractivity contribution in [1.82, 2.24) is 0 Å². The van der Waals surface area contributed by atoms with E-state index in [0.717, 1.165) is 0 Å². The third-order valence-corrected chi connectivity index (χ3v) is 2.11. The normalized spacial score (nSPS) is 18.0. The van der Waals surface area contributed by atoms with Crippen LogP contribution in [0.25, 0.3) is 6.08 Å². The van der Waals surface area contributed by atoms with Crippen molar-refractivity contribution < 1.29 is 16.4 Å². The van der Waals surface area contributed by atoms with Gasteiger partial charge in [-0.25, -0.2) is 4.79 Å². The van der Waals surface area contributed by atoms with Crippen molar-refractivity contribution in [2.45, 2.75) is 13.8 Å². The van der Waals surface area contributed by atoms with Crippen molar-refractivity contribution in [2.24, 2.45) is 0 Å². The molecule has 90 valence electrons. The number of carbonyl (C=O) groups is 1. The fourth-order valence-electron chi connectivity index (χ4n) is 1.06. The second kappa shape index (κ2) is 6.92. The maximum absolute atomic E-state index is 11.9. The Morgan fingerprint density at radius 2 is 2.24 bits per heavy atom. The zero-order valence-corrected chi connectivity index (χ0v) is 10.0. The minimum Gasteiger partial charge on any atom is -0.462 e. The number of halogens is 1. The zero-order chi connectivity index (χ0) is 16.9. The van der Waals surface area contributed by atoms with E-state index in [2.05, 4.69) is 0 Å². The second-order valence-corrected chi connectivity index (χ2v) is 3.50. The molecular weight excluding hydrogens is 236 g/mol. The van der Waals surface area contributed by atoms with Gasteiger partial charge >= 0.3 is 5.97 Å². The first-order chi connectivity index (χ1) is 10.2. The van der Waals surface area contributed by atoms with Gasteiger partial charge < -0.3 is 4.74 Å². The zero-order valence-electron chi connectivity index (χ0n) is 14.3. The van der Waals surface area contributed by atoms with E-state index in [1.54, 1.807) is 31.2 Å². The maximum atomic E-state index is 11.9. The fraction of sp³-hybridized carbons (Fsp3) is 0.214. The van der Waals surface area contributed by atoms with Gasteiger partial charge in [0, 0.05) is 9.13 Å². The Kier molecular flexibility index (Phi) is 3.14. The van der Waals surface area contributed by atoms with Gasteiger partial charge in [-0.1, -0.05) is 35.9 Å². The van der Waals surface area contributed by atoms with E-state index in [1.165, 1.54) is 6.08 Å². The van der Waals surface area contributed by atoms with E-state index in [1.807, 2.05) is 0 Å². The molecule has 0 heterocycles. The summed E-state index contributed by atoms with van der Waals surface area (Å²) in [6.07, 6.45) is 1.28. The molecule has 2 nitrogen and oxygen atoms in total. The number of hydrogen-bond donors (Lipinski definition) is 0. The molecule has 0 amide bonds. The van der Waals surface area contributed by atoms with Crippen LogP contribution in [-0.4, -0.2) is 12.6 Å². The topological polar surface area (TPSA) is 26.3 Å². The molecule has 0 radical (unpaired) electrons. The summed E-state index contributed by atoms with van der Waals surface area (Å²) in [6, 6.07) is 5.10. The molecular formula is C14H15ClO2. The number of hydrogen-bond acceptors (Lipinski definition) is 2. The van der Waals surface area contributed by atoms with Gasteiger partial charge in [-0.3, -0.25) is 0 Å². The van der Waals surface area contributed by atoms with Gasteiger partial charge in [-0.15, -0.1) is 0 Å². The highest BCUT2D eigenvalue weighted by atomic mass is 35.5. The molecule has 0 bridgehead atoms. The molecule has 0 aromatic heterocycles. The smallest absolute Gasteiger partial charge is 0.337 e. The van der Waals surface area contributed by atoms with Crippen LogP contribution >= 0.6 is 11.6 Å². The van der Waals surface area contributed by atoms with E-state index in [-0.39, 0.29) is 6.61 Å². The minimum absolute atomic E-state index is 0.0187. The average molecular weight is 256 g/mol. The first-order valence-corrected chi connectivity index (χ1v) is 5.37. The first-order valence-electron chi connectivity index (χ1n) is 7.49. The summed E-state index contributed by atoms with van der Waals surface area (Å²) in [4.78, 5) is 11.9. The van der Waals surface area contributed by atoms with Gasteiger partial charge in [0.15, 0.2) is 0 Å². The van der Waals surface area contributed by atoms with Crippen molar-refractivity contribution in [3.05, 3.63) is 52.5 Å². The number of benzene rings is 1. The number of allylic oxidation sites excluding steroid dienone is 1. The Morgan fingerprint density at radius 1 is 1.53 bits per heavy atom. The highest BCUT2D eigenvalue weighted by Crippen LogP contribution is 2.12. The number of esters is 1. The molecule has 0 spiro atoms. The van der Waals surface area contributed by atoms with Crippen LogP contribution in [-0.2, 0) is 9.53 Å². The Balaban J connectivity index is 3.32. The van der Waals surface area contributed by atoms with Gasteiger partial charge in [0.05, 0.1) is 14.9 Å². The van der Waals surface area contributed by atoms with E-state index in [9.17, 15) is 4.79 Å². The summed E-state index contributed by atoms with van der Waals surface area (Å²) in [5.74, 6) is -1.00. The molecule has 0 saturated heterocycles. The van der Waals surface area contributed by atoms with E-state index in [0.29, 0.717) is 10.6 Å². The summed E-state index contributed by atoms with van der Waals surface area (Å²) in [5.41, 5.74) is -0.0219. The third kappa shape index (κ3) is 4.45. The van der Waals surface area contributed by atoms with Crippen LogP contribution in [0.2, 0.25) is 5.02 Å². The number of ether oxygens (including phenoxy) is 1. The molecule has 0 fully saturated rings. The highest BCUT2D eigenvalue weighted by Gasteiger charge is 2.04. The van der Waals surface area contributed by atoms with Gasteiger partial charge in [-0.05, 0) is 37.5 Å². The number of carbonyl (C=O) groups excluding carboxylic acids is 1. The summed E-state index contributed by atoms with van der Waals surface area (Å²) in [6.45, 7) is -1.23. The van der Waals surface area contributed by atoms with Crippen LogP contribution in [0.5, 0.6) is 0 Å². The maximum Gasteiger partial charge on any atom is 0.337 e. The molecule has 3 heteroatoms. The second-order valence-electron chi connectivity index (χ2n) is 3.06. The standard InChI is InChI=1S/C14H15ClO2/c1-3-12(14(16)17-4-2)8-5-11-6-9-13(15)10-7-11/h3,5-10H,4H2,1-2H3/b8-5+,12-3+/i1D3,3D,8D. The Morgan fingerprint density at radius 3 is 2.82 bits per heavy atom. The Bertz CT molecular complexity index is 603. The lowest BCUT2D eigenvalue weighted by Crippen LogP contribution is -2.05. The van der Waals surface area contributed by atoms with Crippen LogP contribution in [0.1, 0.15) is 26.2 Å². The van der Waals surface area contributed by atoms with E-state index in [4.69, 9.17) is 23.2 Å². The molecule has 1 rings (SSSR count). The molecule has 1 aromatic carbocycles. The molecule has 0 N–H and O–H groups in total. The molecule has 0 atom stereocenters. The van der Waals surface area contributed by atoms with E-state index < -0.39 is 30.5 Å². The molecule has 1 aromatic rings. The van der Waals surface area contributed by atoms with E-state index >= 15 is 0 Å². The van der Waals surface area contributed by atoms with Gasteiger partial charge in [0.25, 0.3) is 0 Å². The molecule has 0 saturated carbocycles. The minimum atomic E-state index is -2.80. The Hall–Kier alpha value is -1.54. The summed E-state index contributed by atoms with van der Waals surface area (Å²) in [7, 11) is 0. The highest BCUT2D eigenvalue weighted by molar-refractivity contribution is 6.30. The molecule has 17 heavy (non-hydrogen) atoms. The largest absolute Gasteiger partial charge is 0.462 e. The Labute approximate surface area is 114 Å². The lowest BCUT2D eigenvalue weighted by atomic mass is 10.1. The predicted molar refractivity (Wildman–Crippen MR) is 70.9 cm³/mol. The fourth-order valence-corrected chi connectivity index (χ4v) is 1.19. The molecule has 0 aliphatic heterocycles. The van der Waals surface area contributed by atoms with Gasteiger partial charge in [-0.2, -0.15) is 0 Å². The SMILES string of the molecule is [2H]C(=C\c1ccc(Cl)cc1)/C(C(=O)OCC)=C(/[2H])C([2H])([2H])[2H]. The number of rotatable bonds is 4. The van der Waals surface area contributed by atoms with Crippen LogP contribution in [0.4, 0.5) is 0 Å². The van der Waals surface area contributed by atoms with Crippen molar-refractivity contribution in [3.63, 3.8) is 0 Å². The van der Waals surface area contributed by atoms with Crippen molar-refractivity contribution in [2.75, 3.05) is 6.61 Å². The average Bonchev–Trinajstić information content (AvgIpc) is 2.41. The summed E-state index contributed by atoms with van der Waals surface area (Å²) in [5, 5.41) is 0.508. The summed E-state index contributed by atoms with van der Waals surface area (Å²) < 4.78 is 42.1. The van der Waals surface area contributed by atoms with Crippen LogP contribution in [0.3, 0.4) is 0 Å². The lowest BCUT2D eigenvalue weighted by Gasteiger charge is -2.01. The first kappa shape index (κ1) is 7.72. The molecule has 0 aliphatic rings. The van der Waals surface area contributed by atoms with Crippen molar-refractivity contribution in [3.8, 4) is 0 Å². The van der Waals surface area contributed by atoms with Crippen LogP contribution in [0, 0.1) is 0 Å². The molecule has 0 aliphatic carbocycles. The van der Waals surface area contributed by atoms with Crippen LogP contribution in [0.15, 0.2) is 41.9 Å². The van der Waals surface area contributed by atoms with Crippen molar-refractivity contribution in [1.29, 1.82) is 0 Å². The summed E-state index contributed by atoms with van der Waals surface area (Å²) >= 11 is 5.76. The molecule has 0 unspecified atom stereocenters. The van der Waals surface area contributed by atoms with Gasteiger partial charge in [0.1, 0.15) is 0 Å². The van der Waals surface area contributed by atoms with Crippen LogP contribution < -0.4 is 0 Å². The predicted octanol–water partition coefficient (Wildman–Crippen LogP) is 3.86. The third-order valence-electron chi connectivity index (χ3n) is 1.86. The van der Waals surface area contributed by atoms with Crippen molar-refractivity contribution >= 4 is 23.6 Å². The van der Waals surface area contributed by atoms with Gasteiger partial charge in [0.2, 0.25) is 0 Å². The monoisotopic (exact) mass is 255 g/mol.